The number of rotatable bonds is 5. The van der Waals surface area contributed by atoms with Crippen molar-refractivity contribution in [3.63, 3.8) is 0 Å². The number of nitrogens with one attached hydrogen (secondary N) is 2. The molecule has 0 saturated heterocycles. The number of phenolic OH excluding ortho intramolecular Hbond substituents is 2. The van der Waals surface area contributed by atoms with Crippen LogP contribution in [0.3, 0.4) is 0 Å². The summed E-state index contributed by atoms with van der Waals surface area (Å²) < 4.78 is 0. The van der Waals surface area contributed by atoms with Crippen LogP contribution >= 0.6 is 0 Å². The second-order valence-electron chi connectivity index (χ2n) is 5.12. The number of hydrogen-bond acceptors (Lipinski definition) is 4. The van der Waals surface area contributed by atoms with Crippen molar-refractivity contribution >= 4 is 11.8 Å². The second-order valence-corrected chi connectivity index (χ2v) is 5.12. The Morgan fingerprint density at radius 1 is 0.826 bits per heavy atom. The van der Waals surface area contributed by atoms with E-state index in [2.05, 4.69) is 10.6 Å². The minimum Gasteiger partial charge on any atom is -0.508 e. The topological polar surface area (TPSA) is 98.7 Å². The van der Waals surface area contributed by atoms with Crippen molar-refractivity contribution < 1.29 is 19.8 Å². The lowest BCUT2D eigenvalue weighted by atomic mass is 10.1. The van der Waals surface area contributed by atoms with Crippen molar-refractivity contribution in [2.24, 2.45) is 0 Å². The van der Waals surface area contributed by atoms with E-state index in [1.54, 1.807) is 12.1 Å². The van der Waals surface area contributed by atoms with Gasteiger partial charge in [-0.05, 0) is 31.2 Å². The molecule has 2 rings (SSSR count). The van der Waals surface area contributed by atoms with Crippen molar-refractivity contribution in [2.75, 3.05) is 13.1 Å². The highest BCUT2D eigenvalue weighted by Crippen LogP contribution is 2.20. The summed E-state index contributed by atoms with van der Waals surface area (Å²) in [6.45, 7) is 2.44. The van der Waals surface area contributed by atoms with Gasteiger partial charge in [0.2, 0.25) is 0 Å². The maximum atomic E-state index is 11.9. The zero-order chi connectivity index (χ0) is 16.8. The van der Waals surface area contributed by atoms with Gasteiger partial charge in [-0.15, -0.1) is 0 Å². The van der Waals surface area contributed by atoms with Gasteiger partial charge in [-0.2, -0.15) is 0 Å². The lowest BCUT2D eigenvalue weighted by molar-refractivity contribution is 0.0927. The van der Waals surface area contributed by atoms with E-state index in [0.29, 0.717) is 5.56 Å². The summed E-state index contributed by atoms with van der Waals surface area (Å²) in [5.41, 5.74) is 1.77. The molecule has 23 heavy (non-hydrogen) atoms. The van der Waals surface area contributed by atoms with Crippen LogP contribution in [0.25, 0.3) is 0 Å². The maximum Gasteiger partial charge on any atom is 0.251 e. The maximum absolute atomic E-state index is 11.9. The predicted octanol–water partition coefficient (Wildman–Crippen LogP) is 1.57. The van der Waals surface area contributed by atoms with Gasteiger partial charge in [0.25, 0.3) is 11.8 Å². The Kier molecular flexibility index (Phi) is 5.19. The van der Waals surface area contributed by atoms with Crippen molar-refractivity contribution in [3.8, 4) is 11.5 Å². The normalized spacial score (nSPS) is 10.1. The van der Waals surface area contributed by atoms with Gasteiger partial charge in [0.1, 0.15) is 11.5 Å². The molecule has 2 amide bonds. The summed E-state index contributed by atoms with van der Waals surface area (Å²) in [5, 5.41) is 24.0. The fraction of sp³-hybridized carbons (Fsp3) is 0.176. The third kappa shape index (κ3) is 4.74. The fourth-order valence-electron chi connectivity index (χ4n) is 1.99. The SMILES string of the molecule is Cc1ccc(C(=O)NCCNC(=O)c2cc(O)cc(O)c2)cc1. The van der Waals surface area contributed by atoms with Crippen LogP contribution in [0.4, 0.5) is 0 Å². The number of carbonyl (C=O) groups excluding carboxylic acids is 2. The lowest BCUT2D eigenvalue weighted by Gasteiger charge is -2.08. The highest BCUT2D eigenvalue weighted by atomic mass is 16.3. The van der Waals surface area contributed by atoms with E-state index < -0.39 is 5.91 Å². The summed E-state index contributed by atoms with van der Waals surface area (Å²) in [6, 6.07) is 10.8. The van der Waals surface area contributed by atoms with Gasteiger partial charge >= 0.3 is 0 Å². The van der Waals surface area contributed by atoms with Crippen LogP contribution in [0.1, 0.15) is 26.3 Å². The minimum absolute atomic E-state index is 0.146. The summed E-state index contributed by atoms with van der Waals surface area (Å²) >= 11 is 0. The first-order valence-electron chi connectivity index (χ1n) is 7.12. The van der Waals surface area contributed by atoms with E-state index in [4.69, 9.17) is 0 Å². The Hall–Kier alpha value is -3.02. The summed E-state index contributed by atoms with van der Waals surface area (Å²) in [4.78, 5) is 23.7. The Morgan fingerprint density at radius 3 is 1.83 bits per heavy atom. The van der Waals surface area contributed by atoms with Crippen LogP contribution in [0.15, 0.2) is 42.5 Å². The second kappa shape index (κ2) is 7.31. The molecule has 0 saturated carbocycles. The first-order valence-corrected chi connectivity index (χ1v) is 7.12. The number of benzene rings is 2. The van der Waals surface area contributed by atoms with Crippen LogP contribution in [0, 0.1) is 6.92 Å². The molecule has 0 unspecified atom stereocenters. The van der Waals surface area contributed by atoms with Gasteiger partial charge in [0.05, 0.1) is 0 Å². The molecule has 0 radical (unpaired) electrons. The molecular formula is C17H18N2O4. The van der Waals surface area contributed by atoms with Crippen molar-refractivity contribution in [1.82, 2.24) is 10.6 Å². The largest absolute Gasteiger partial charge is 0.508 e. The Labute approximate surface area is 133 Å². The monoisotopic (exact) mass is 314 g/mol. The third-order valence-electron chi connectivity index (χ3n) is 3.17. The lowest BCUT2D eigenvalue weighted by Crippen LogP contribution is -2.34. The van der Waals surface area contributed by atoms with E-state index in [0.717, 1.165) is 11.6 Å². The zero-order valence-corrected chi connectivity index (χ0v) is 12.7. The molecule has 0 heterocycles. The number of aryl methyl sites for hydroxylation is 1. The van der Waals surface area contributed by atoms with Gasteiger partial charge in [-0.1, -0.05) is 17.7 Å². The van der Waals surface area contributed by atoms with Gasteiger partial charge < -0.3 is 20.8 Å². The van der Waals surface area contributed by atoms with Crippen LogP contribution in [-0.4, -0.2) is 35.1 Å². The molecule has 4 N–H and O–H groups in total. The van der Waals surface area contributed by atoms with Gasteiger partial charge in [-0.3, -0.25) is 9.59 Å². The van der Waals surface area contributed by atoms with E-state index in [1.807, 2.05) is 19.1 Å². The van der Waals surface area contributed by atoms with Gasteiger partial charge in [-0.25, -0.2) is 0 Å². The Morgan fingerprint density at radius 2 is 1.30 bits per heavy atom. The van der Waals surface area contributed by atoms with Crippen LogP contribution < -0.4 is 10.6 Å². The zero-order valence-electron chi connectivity index (χ0n) is 12.7. The van der Waals surface area contributed by atoms with Crippen LogP contribution in [-0.2, 0) is 0 Å². The highest BCUT2D eigenvalue weighted by molar-refractivity contribution is 5.95. The standard InChI is InChI=1S/C17H18N2O4/c1-11-2-4-12(5-3-11)16(22)18-6-7-19-17(23)13-8-14(20)10-15(21)9-13/h2-5,8-10,20-21H,6-7H2,1H3,(H,18,22)(H,19,23). The molecule has 0 bridgehead atoms. The van der Waals surface area contributed by atoms with E-state index in [-0.39, 0.29) is 36.1 Å². The first-order chi connectivity index (χ1) is 11.0. The van der Waals surface area contributed by atoms with E-state index in [9.17, 15) is 19.8 Å². The molecule has 0 atom stereocenters. The Bertz CT molecular complexity index is 691. The number of phenols is 2. The summed E-state index contributed by atoms with van der Waals surface area (Å²) in [7, 11) is 0. The quantitative estimate of drug-likeness (QED) is 0.630. The van der Waals surface area contributed by atoms with Crippen molar-refractivity contribution in [3.05, 3.63) is 59.2 Å². The molecular weight excluding hydrogens is 296 g/mol. The number of carbonyl (C=O) groups is 2. The molecule has 6 heteroatoms. The van der Waals surface area contributed by atoms with Crippen LogP contribution in [0.5, 0.6) is 11.5 Å². The minimum atomic E-state index is -0.444. The molecule has 0 aliphatic carbocycles. The van der Waals surface area contributed by atoms with E-state index >= 15 is 0 Å². The molecule has 0 aliphatic rings. The van der Waals surface area contributed by atoms with Crippen molar-refractivity contribution in [1.29, 1.82) is 0 Å². The molecule has 2 aromatic rings. The summed E-state index contributed by atoms with van der Waals surface area (Å²) in [6.07, 6.45) is 0. The summed E-state index contributed by atoms with van der Waals surface area (Å²) in [5.74, 6) is -1.04. The number of amides is 2. The molecule has 0 aromatic heterocycles. The molecule has 6 nitrogen and oxygen atoms in total. The first kappa shape index (κ1) is 16.4. The predicted molar refractivity (Wildman–Crippen MR) is 85.6 cm³/mol. The number of aromatic hydroxyl groups is 2. The highest BCUT2D eigenvalue weighted by Gasteiger charge is 2.08. The number of hydrogen-bond donors (Lipinski definition) is 4. The van der Waals surface area contributed by atoms with Gasteiger partial charge in [0, 0.05) is 30.3 Å². The van der Waals surface area contributed by atoms with E-state index in [1.165, 1.54) is 12.1 Å². The van der Waals surface area contributed by atoms with Crippen molar-refractivity contribution in [2.45, 2.75) is 6.92 Å². The average molecular weight is 314 g/mol. The molecule has 0 spiro atoms. The van der Waals surface area contributed by atoms with Gasteiger partial charge in [0.15, 0.2) is 0 Å². The fourth-order valence-corrected chi connectivity index (χ4v) is 1.99. The van der Waals surface area contributed by atoms with Crippen LogP contribution in [0.2, 0.25) is 0 Å². The molecule has 2 aromatic carbocycles. The smallest absolute Gasteiger partial charge is 0.251 e. The molecule has 0 fully saturated rings. The average Bonchev–Trinajstić information content (AvgIpc) is 2.50. The molecule has 120 valence electrons. The molecule has 0 aliphatic heterocycles. The third-order valence-corrected chi connectivity index (χ3v) is 3.17. The Balaban J connectivity index is 1.79.